The van der Waals surface area contributed by atoms with Crippen LogP contribution in [0.2, 0.25) is 0 Å². The summed E-state index contributed by atoms with van der Waals surface area (Å²) in [5.41, 5.74) is 1.43. The predicted molar refractivity (Wildman–Crippen MR) is 127 cm³/mol. The fourth-order valence-corrected chi connectivity index (χ4v) is 6.25. The minimum atomic E-state index is -0.966. The SMILES string of the molecule is O=C(C1CCCC1)N1C[C@@H](CN2CCC(c3ccccc3)CC2)[C@](O)(c2ccccc2)C1. The third-order valence-electron chi connectivity index (χ3n) is 8.17. The van der Waals surface area contributed by atoms with Gasteiger partial charge in [-0.15, -0.1) is 0 Å². The van der Waals surface area contributed by atoms with Gasteiger partial charge >= 0.3 is 0 Å². The molecule has 3 aliphatic rings. The molecule has 0 aromatic heterocycles. The summed E-state index contributed by atoms with van der Waals surface area (Å²) in [7, 11) is 0. The number of carbonyl (C=O) groups excluding carboxylic acids is 1. The molecule has 0 radical (unpaired) electrons. The van der Waals surface area contributed by atoms with Crippen LogP contribution in [0.4, 0.5) is 0 Å². The van der Waals surface area contributed by atoms with Gasteiger partial charge in [-0.2, -0.15) is 0 Å². The lowest BCUT2D eigenvalue weighted by atomic mass is 9.83. The van der Waals surface area contributed by atoms with Gasteiger partial charge in [0.15, 0.2) is 0 Å². The van der Waals surface area contributed by atoms with E-state index in [1.54, 1.807) is 0 Å². The number of hydrogen-bond acceptors (Lipinski definition) is 3. The normalized spacial score (nSPS) is 27.8. The first kappa shape index (κ1) is 21.7. The van der Waals surface area contributed by atoms with E-state index < -0.39 is 5.60 Å². The first-order valence-electron chi connectivity index (χ1n) is 12.5. The van der Waals surface area contributed by atoms with E-state index >= 15 is 0 Å². The molecule has 2 saturated heterocycles. The molecule has 0 unspecified atom stereocenters. The standard InChI is InChI=1S/C28H36N2O2/c31-27(24-11-7-8-12-24)30-20-26(28(32,21-30)25-13-5-2-6-14-25)19-29-17-15-23(16-18-29)22-9-3-1-4-10-22/h1-6,9-10,13-14,23-24,26,32H,7-8,11-12,15-21H2/t26-,28-/m1/s1. The molecule has 2 atom stereocenters. The lowest BCUT2D eigenvalue weighted by Gasteiger charge is -2.37. The Morgan fingerprint density at radius 3 is 2.19 bits per heavy atom. The van der Waals surface area contributed by atoms with Gasteiger partial charge in [0, 0.05) is 24.9 Å². The molecule has 0 bridgehead atoms. The zero-order chi connectivity index (χ0) is 22.0. The molecular weight excluding hydrogens is 396 g/mol. The van der Waals surface area contributed by atoms with E-state index in [4.69, 9.17) is 0 Å². The van der Waals surface area contributed by atoms with Gasteiger partial charge in [-0.25, -0.2) is 0 Å². The van der Waals surface area contributed by atoms with Crippen molar-refractivity contribution in [3.8, 4) is 0 Å². The highest BCUT2D eigenvalue weighted by molar-refractivity contribution is 5.79. The summed E-state index contributed by atoms with van der Waals surface area (Å²) in [5.74, 6) is 1.10. The zero-order valence-corrected chi connectivity index (χ0v) is 19.0. The van der Waals surface area contributed by atoms with Crippen LogP contribution in [-0.4, -0.2) is 53.5 Å². The topological polar surface area (TPSA) is 43.8 Å². The Balaban J connectivity index is 1.29. The van der Waals surface area contributed by atoms with Crippen LogP contribution in [0.3, 0.4) is 0 Å². The third-order valence-corrected chi connectivity index (χ3v) is 8.17. The van der Waals surface area contributed by atoms with Crippen molar-refractivity contribution in [1.29, 1.82) is 0 Å². The Morgan fingerprint density at radius 2 is 1.53 bits per heavy atom. The fraction of sp³-hybridized carbons (Fsp3) is 0.536. The van der Waals surface area contributed by atoms with Crippen molar-refractivity contribution in [3.05, 3.63) is 71.8 Å². The molecule has 1 aliphatic carbocycles. The molecule has 2 aliphatic heterocycles. The molecule has 32 heavy (non-hydrogen) atoms. The Hall–Kier alpha value is -2.17. The van der Waals surface area contributed by atoms with Crippen LogP contribution in [-0.2, 0) is 10.4 Å². The van der Waals surface area contributed by atoms with Crippen LogP contribution < -0.4 is 0 Å². The average Bonchev–Trinajstić information content (AvgIpc) is 3.50. The largest absolute Gasteiger partial charge is 0.383 e. The third kappa shape index (κ3) is 4.35. The molecule has 4 heteroatoms. The summed E-state index contributed by atoms with van der Waals surface area (Å²) in [6.07, 6.45) is 6.66. The van der Waals surface area contributed by atoms with E-state index in [1.807, 2.05) is 35.2 Å². The van der Waals surface area contributed by atoms with Gasteiger partial charge in [0.25, 0.3) is 0 Å². The molecule has 1 amide bonds. The molecule has 170 valence electrons. The highest BCUT2D eigenvalue weighted by atomic mass is 16.3. The maximum atomic E-state index is 13.2. The smallest absolute Gasteiger partial charge is 0.225 e. The molecule has 4 nitrogen and oxygen atoms in total. The van der Waals surface area contributed by atoms with Crippen molar-refractivity contribution in [2.75, 3.05) is 32.7 Å². The maximum absolute atomic E-state index is 13.2. The van der Waals surface area contributed by atoms with Crippen LogP contribution in [0.25, 0.3) is 0 Å². The molecule has 5 rings (SSSR count). The van der Waals surface area contributed by atoms with E-state index in [2.05, 4.69) is 35.2 Å². The summed E-state index contributed by atoms with van der Waals surface area (Å²) in [4.78, 5) is 17.7. The molecule has 1 saturated carbocycles. The molecule has 2 aromatic rings. The van der Waals surface area contributed by atoms with Crippen molar-refractivity contribution in [3.63, 3.8) is 0 Å². The molecule has 1 N–H and O–H groups in total. The van der Waals surface area contributed by atoms with Gasteiger partial charge in [-0.05, 0) is 55.8 Å². The van der Waals surface area contributed by atoms with E-state index in [0.717, 1.165) is 63.7 Å². The van der Waals surface area contributed by atoms with Crippen molar-refractivity contribution in [2.45, 2.75) is 50.0 Å². The molecule has 3 fully saturated rings. The van der Waals surface area contributed by atoms with Crippen LogP contribution in [0.15, 0.2) is 60.7 Å². The number of rotatable bonds is 5. The Kier molecular flexibility index (Phi) is 6.34. The minimum absolute atomic E-state index is 0.0449. The second kappa shape index (κ2) is 9.36. The number of hydrogen-bond donors (Lipinski definition) is 1. The lowest BCUT2D eigenvalue weighted by molar-refractivity contribution is -0.135. The van der Waals surface area contributed by atoms with Gasteiger partial charge in [-0.1, -0.05) is 73.5 Å². The quantitative estimate of drug-likeness (QED) is 0.762. The zero-order valence-electron chi connectivity index (χ0n) is 19.0. The number of amides is 1. The summed E-state index contributed by atoms with van der Waals surface area (Å²) in [5, 5.41) is 11.9. The van der Waals surface area contributed by atoms with Crippen LogP contribution in [0, 0.1) is 11.8 Å². The number of β-amino-alcohol motifs (C(OH)–C–C–N with tert-alkyl or cyclic N) is 1. The molecule has 2 aromatic carbocycles. The van der Waals surface area contributed by atoms with Crippen molar-refractivity contribution in [1.82, 2.24) is 9.80 Å². The highest BCUT2D eigenvalue weighted by Crippen LogP contribution is 2.40. The maximum Gasteiger partial charge on any atom is 0.225 e. The molecule has 0 spiro atoms. The van der Waals surface area contributed by atoms with Crippen molar-refractivity contribution in [2.24, 2.45) is 11.8 Å². The van der Waals surface area contributed by atoms with Gasteiger partial charge < -0.3 is 14.9 Å². The second-order valence-corrected chi connectivity index (χ2v) is 10.2. The minimum Gasteiger partial charge on any atom is -0.383 e. The number of likely N-dealkylation sites (tertiary alicyclic amines) is 2. The summed E-state index contributed by atoms with van der Waals surface area (Å²) >= 11 is 0. The number of benzene rings is 2. The molecular formula is C28H36N2O2. The van der Waals surface area contributed by atoms with Crippen molar-refractivity contribution < 1.29 is 9.90 Å². The van der Waals surface area contributed by atoms with E-state index in [1.165, 1.54) is 5.56 Å². The predicted octanol–water partition coefficient (Wildman–Crippen LogP) is 4.40. The van der Waals surface area contributed by atoms with Gasteiger partial charge in [0.05, 0.1) is 6.54 Å². The average molecular weight is 433 g/mol. The Labute approximate surface area is 192 Å². The van der Waals surface area contributed by atoms with Gasteiger partial charge in [0.1, 0.15) is 5.60 Å². The lowest BCUT2D eigenvalue weighted by Crippen LogP contribution is -2.44. The number of nitrogens with zero attached hydrogens (tertiary/aromatic N) is 2. The highest BCUT2D eigenvalue weighted by Gasteiger charge is 2.49. The monoisotopic (exact) mass is 432 g/mol. The molecule has 2 heterocycles. The van der Waals surface area contributed by atoms with Crippen LogP contribution >= 0.6 is 0 Å². The van der Waals surface area contributed by atoms with Gasteiger partial charge in [0.2, 0.25) is 5.91 Å². The first-order chi connectivity index (χ1) is 15.6. The summed E-state index contributed by atoms with van der Waals surface area (Å²) in [6.45, 7) is 4.05. The van der Waals surface area contributed by atoms with Gasteiger partial charge in [-0.3, -0.25) is 4.79 Å². The van der Waals surface area contributed by atoms with E-state index in [0.29, 0.717) is 19.0 Å². The number of carbonyl (C=O) groups is 1. The number of aliphatic hydroxyl groups is 1. The van der Waals surface area contributed by atoms with Crippen LogP contribution in [0.1, 0.15) is 55.6 Å². The number of piperidine rings is 1. The van der Waals surface area contributed by atoms with Crippen molar-refractivity contribution >= 4 is 5.91 Å². The van der Waals surface area contributed by atoms with Crippen LogP contribution in [0.5, 0.6) is 0 Å². The fourth-order valence-electron chi connectivity index (χ4n) is 6.25. The summed E-state index contributed by atoms with van der Waals surface area (Å²) in [6, 6.07) is 20.9. The summed E-state index contributed by atoms with van der Waals surface area (Å²) < 4.78 is 0. The Bertz CT molecular complexity index is 888. The van der Waals surface area contributed by atoms with E-state index in [-0.39, 0.29) is 17.7 Å². The first-order valence-corrected chi connectivity index (χ1v) is 12.5. The second-order valence-electron chi connectivity index (χ2n) is 10.2. The van der Waals surface area contributed by atoms with E-state index in [9.17, 15) is 9.90 Å². The Morgan fingerprint density at radius 1 is 0.906 bits per heavy atom.